The summed E-state index contributed by atoms with van der Waals surface area (Å²) >= 11 is 6.29. The van der Waals surface area contributed by atoms with Crippen LogP contribution in [0, 0.1) is 0 Å². The molecule has 0 unspecified atom stereocenters. The van der Waals surface area contributed by atoms with E-state index in [-0.39, 0.29) is 0 Å². The van der Waals surface area contributed by atoms with Crippen LogP contribution in [-0.4, -0.2) is 39.0 Å². The zero-order valence-corrected chi connectivity index (χ0v) is 13.5. The molecule has 118 valence electrons. The van der Waals surface area contributed by atoms with Gasteiger partial charge in [-0.25, -0.2) is 0 Å². The molecule has 0 saturated carbocycles. The van der Waals surface area contributed by atoms with Gasteiger partial charge in [-0.1, -0.05) is 25.4 Å². The fraction of sp³-hybridized carbons (Fsp3) is 0.625. The third-order valence-corrected chi connectivity index (χ3v) is 3.58. The molecule has 4 nitrogen and oxygen atoms in total. The molecule has 21 heavy (non-hydrogen) atoms. The van der Waals surface area contributed by atoms with Gasteiger partial charge in [0.25, 0.3) is 0 Å². The van der Waals surface area contributed by atoms with E-state index in [4.69, 9.17) is 25.8 Å². The summed E-state index contributed by atoms with van der Waals surface area (Å²) < 4.78 is 16.9. The maximum atomic E-state index is 6.29. The first-order valence-corrected chi connectivity index (χ1v) is 7.94. The number of rotatable bonds is 7. The fourth-order valence-electron chi connectivity index (χ4n) is 2.12. The average molecular weight is 314 g/mol. The van der Waals surface area contributed by atoms with Gasteiger partial charge in [0.2, 0.25) is 0 Å². The van der Waals surface area contributed by atoms with Crippen molar-refractivity contribution >= 4 is 11.6 Å². The van der Waals surface area contributed by atoms with Crippen LogP contribution < -0.4 is 14.8 Å². The number of halogens is 1. The van der Waals surface area contributed by atoms with Crippen LogP contribution in [0.2, 0.25) is 5.02 Å². The van der Waals surface area contributed by atoms with Crippen LogP contribution in [0.4, 0.5) is 0 Å². The van der Waals surface area contributed by atoms with E-state index in [2.05, 4.69) is 19.2 Å². The van der Waals surface area contributed by atoms with Crippen molar-refractivity contribution in [3.8, 4) is 11.5 Å². The third kappa shape index (κ3) is 5.38. The van der Waals surface area contributed by atoms with Crippen molar-refractivity contribution in [2.24, 2.45) is 0 Å². The Bertz CT molecular complexity index is 451. The van der Waals surface area contributed by atoms with Gasteiger partial charge in [-0.05, 0) is 18.1 Å². The summed E-state index contributed by atoms with van der Waals surface area (Å²) in [5.74, 6) is 1.52. The Morgan fingerprint density at radius 1 is 1.19 bits per heavy atom. The standard InChI is InChI=1S/C16H24ClNO3/c1-12(2)18-5-9-19-8-4-13-10-15-16(11-14(13)17)21-7-3-6-20-15/h10-12,18H,3-9H2,1-2H3. The van der Waals surface area contributed by atoms with Crippen LogP contribution in [0.1, 0.15) is 25.8 Å². The molecule has 5 heteroatoms. The van der Waals surface area contributed by atoms with E-state index in [9.17, 15) is 0 Å². The monoisotopic (exact) mass is 313 g/mol. The van der Waals surface area contributed by atoms with Gasteiger partial charge in [-0.3, -0.25) is 0 Å². The van der Waals surface area contributed by atoms with E-state index in [0.717, 1.165) is 36.4 Å². The van der Waals surface area contributed by atoms with E-state index in [0.29, 0.717) is 37.5 Å². The summed E-state index contributed by atoms with van der Waals surface area (Å²) in [5.41, 5.74) is 1.04. The van der Waals surface area contributed by atoms with Crippen LogP contribution in [0.5, 0.6) is 11.5 Å². The predicted molar refractivity (Wildman–Crippen MR) is 84.7 cm³/mol. The second-order valence-corrected chi connectivity index (χ2v) is 5.82. The molecule has 0 fully saturated rings. The van der Waals surface area contributed by atoms with E-state index < -0.39 is 0 Å². The summed E-state index contributed by atoms with van der Waals surface area (Å²) in [4.78, 5) is 0. The molecule has 1 aromatic carbocycles. The molecular weight excluding hydrogens is 290 g/mol. The Morgan fingerprint density at radius 2 is 1.90 bits per heavy atom. The Labute approximate surface area is 131 Å². The van der Waals surface area contributed by atoms with Gasteiger partial charge in [0.15, 0.2) is 11.5 Å². The van der Waals surface area contributed by atoms with Gasteiger partial charge < -0.3 is 19.5 Å². The minimum Gasteiger partial charge on any atom is -0.490 e. The maximum absolute atomic E-state index is 6.29. The highest BCUT2D eigenvalue weighted by Gasteiger charge is 2.13. The summed E-state index contributed by atoms with van der Waals surface area (Å²) in [6, 6.07) is 4.31. The van der Waals surface area contributed by atoms with Gasteiger partial charge in [-0.15, -0.1) is 0 Å². The molecule has 0 atom stereocenters. The Balaban J connectivity index is 1.81. The number of benzene rings is 1. The second-order valence-electron chi connectivity index (χ2n) is 5.41. The van der Waals surface area contributed by atoms with Crippen LogP contribution in [0.15, 0.2) is 12.1 Å². The molecule has 1 aliphatic rings. The number of nitrogens with one attached hydrogen (secondary N) is 1. The molecule has 0 radical (unpaired) electrons. The minimum absolute atomic E-state index is 0.491. The average Bonchev–Trinajstić information content (AvgIpc) is 2.67. The summed E-state index contributed by atoms with van der Waals surface area (Å²) in [6.07, 6.45) is 1.67. The van der Waals surface area contributed by atoms with E-state index in [1.165, 1.54) is 0 Å². The van der Waals surface area contributed by atoms with Crippen LogP contribution in [0.25, 0.3) is 0 Å². The first-order valence-electron chi connectivity index (χ1n) is 7.56. The van der Waals surface area contributed by atoms with Crippen molar-refractivity contribution in [2.45, 2.75) is 32.7 Å². The Morgan fingerprint density at radius 3 is 2.62 bits per heavy atom. The molecule has 0 spiro atoms. The molecule has 0 bridgehead atoms. The first kappa shape index (κ1) is 16.4. The zero-order chi connectivity index (χ0) is 15.1. The second kappa shape index (κ2) is 8.47. The Hall–Kier alpha value is -0.970. The number of fused-ring (bicyclic) bond motifs is 1. The molecule has 1 aliphatic heterocycles. The summed E-state index contributed by atoms with van der Waals surface area (Å²) in [7, 11) is 0. The Kier molecular flexibility index (Phi) is 6.61. The van der Waals surface area contributed by atoms with Gasteiger partial charge in [0.1, 0.15) is 0 Å². The fourth-order valence-corrected chi connectivity index (χ4v) is 2.37. The molecule has 1 N–H and O–H groups in total. The van der Waals surface area contributed by atoms with Crippen molar-refractivity contribution in [3.63, 3.8) is 0 Å². The van der Waals surface area contributed by atoms with E-state index >= 15 is 0 Å². The van der Waals surface area contributed by atoms with Crippen molar-refractivity contribution < 1.29 is 14.2 Å². The highest BCUT2D eigenvalue weighted by atomic mass is 35.5. The van der Waals surface area contributed by atoms with Crippen molar-refractivity contribution in [1.29, 1.82) is 0 Å². The molecule has 0 amide bonds. The quantitative estimate of drug-likeness (QED) is 0.785. The summed E-state index contributed by atoms with van der Waals surface area (Å²) in [5, 5.41) is 4.03. The number of hydrogen-bond donors (Lipinski definition) is 1. The molecule has 0 aromatic heterocycles. The largest absolute Gasteiger partial charge is 0.490 e. The van der Waals surface area contributed by atoms with Gasteiger partial charge in [0.05, 0.1) is 26.4 Å². The molecular formula is C16H24ClNO3. The zero-order valence-electron chi connectivity index (χ0n) is 12.8. The van der Waals surface area contributed by atoms with E-state index in [1.807, 2.05) is 12.1 Å². The van der Waals surface area contributed by atoms with Crippen LogP contribution >= 0.6 is 11.6 Å². The molecule has 0 saturated heterocycles. The molecule has 0 aliphatic carbocycles. The lowest BCUT2D eigenvalue weighted by Crippen LogP contribution is -2.26. The first-order chi connectivity index (χ1) is 10.2. The summed E-state index contributed by atoms with van der Waals surface area (Å²) in [6.45, 7) is 7.83. The highest BCUT2D eigenvalue weighted by molar-refractivity contribution is 6.31. The highest BCUT2D eigenvalue weighted by Crippen LogP contribution is 2.35. The number of ether oxygens (including phenoxy) is 3. The smallest absolute Gasteiger partial charge is 0.162 e. The molecule has 1 heterocycles. The van der Waals surface area contributed by atoms with Gasteiger partial charge >= 0.3 is 0 Å². The lowest BCUT2D eigenvalue weighted by Gasteiger charge is -2.12. The maximum Gasteiger partial charge on any atom is 0.162 e. The lowest BCUT2D eigenvalue weighted by molar-refractivity contribution is 0.137. The van der Waals surface area contributed by atoms with Crippen LogP contribution in [0.3, 0.4) is 0 Å². The van der Waals surface area contributed by atoms with Crippen molar-refractivity contribution in [2.75, 3.05) is 33.0 Å². The van der Waals surface area contributed by atoms with Crippen molar-refractivity contribution in [1.82, 2.24) is 5.32 Å². The molecule has 2 rings (SSSR count). The van der Waals surface area contributed by atoms with Gasteiger partial charge in [0, 0.05) is 30.1 Å². The normalized spacial score (nSPS) is 14.3. The number of hydrogen-bond acceptors (Lipinski definition) is 4. The SMILES string of the molecule is CC(C)NCCOCCc1cc2c(cc1Cl)OCCCO2. The minimum atomic E-state index is 0.491. The van der Waals surface area contributed by atoms with Crippen LogP contribution in [-0.2, 0) is 11.2 Å². The lowest BCUT2D eigenvalue weighted by atomic mass is 10.1. The third-order valence-electron chi connectivity index (χ3n) is 3.23. The predicted octanol–water partition coefficient (Wildman–Crippen LogP) is 3.06. The van der Waals surface area contributed by atoms with Crippen molar-refractivity contribution in [3.05, 3.63) is 22.7 Å². The molecule has 1 aromatic rings. The van der Waals surface area contributed by atoms with Gasteiger partial charge in [-0.2, -0.15) is 0 Å². The topological polar surface area (TPSA) is 39.7 Å². The van der Waals surface area contributed by atoms with E-state index in [1.54, 1.807) is 0 Å².